The lowest BCUT2D eigenvalue weighted by molar-refractivity contribution is 0.0261. The fourth-order valence-electron chi connectivity index (χ4n) is 4.23. The van der Waals surface area contributed by atoms with Crippen molar-refractivity contribution < 1.29 is 28.3 Å². The fourth-order valence-corrected chi connectivity index (χ4v) is 4.23. The van der Waals surface area contributed by atoms with Crippen LogP contribution in [0, 0.1) is 0 Å². The van der Waals surface area contributed by atoms with Crippen LogP contribution in [0.15, 0.2) is 53.3 Å². The summed E-state index contributed by atoms with van der Waals surface area (Å²) in [5.74, 6) is 3.09. The molecule has 0 bridgehead atoms. The number of rotatable bonds is 10. The van der Waals surface area contributed by atoms with Crippen LogP contribution in [0.3, 0.4) is 0 Å². The Hall–Kier alpha value is -4.38. The molecule has 2 aromatic heterocycles. The van der Waals surface area contributed by atoms with Crippen molar-refractivity contribution in [3.05, 3.63) is 54.6 Å². The van der Waals surface area contributed by atoms with E-state index < -0.39 is 6.03 Å². The highest BCUT2D eigenvalue weighted by Crippen LogP contribution is 2.38. The number of carbonyl (C=O) groups excluding carboxylic acids is 1. The van der Waals surface area contributed by atoms with E-state index in [4.69, 9.17) is 23.5 Å². The largest absolute Gasteiger partial charge is 0.497 e. The second kappa shape index (κ2) is 12.4. The number of fused-ring (bicyclic) bond motifs is 1. The predicted molar refractivity (Wildman–Crippen MR) is 145 cm³/mol. The first-order valence-corrected chi connectivity index (χ1v) is 13.0. The van der Waals surface area contributed by atoms with Gasteiger partial charge in [-0.2, -0.15) is 0 Å². The quantitative estimate of drug-likeness (QED) is 0.253. The van der Waals surface area contributed by atoms with E-state index in [0.29, 0.717) is 58.8 Å². The predicted octanol–water partition coefficient (Wildman–Crippen LogP) is 5.96. The third kappa shape index (κ3) is 6.74. The van der Waals surface area contributed by atoms with E-state index in [2.05, 4.69) is 32.7 Å². The van der Waals surface area contributed by atoms with Gasteiger partial charge in [0.05, 0.1) is 25.8 Å². The Balaban J connectivity index is 1.33. The number of urea groups is 1. The molecule has 39 heavy (non-hydrogen) atoms. The third-order valence-electron chi connectivity index (χ3n) is 6.22. The van der Waals surface area contributed by atoms with Gasteiger partial charge in [-0.3, -0.25) is 5.32 Å². The zero-order chi connectivity index (χ0) is 27.0. The van der Waals surface area contributed by atoms with Crippen LogP contribution >= 0.6 is 0 Å². The number of nitrogens with zero attached hydrogens (tertiary/aromatic N) is 3. The third-order valence-corrected chi connectivity index (χ3v) is 6.22. The van der Waals surface area contributed by atoms with Crippen LogP contribution in [0.5, 0.6) is 23.1 Å². The van der Waals surface area contributed by atoms with Gasteiger partial charge in [-0.25, -0.2) is 14.8 Å². The maximum atomic E-state index is 12.5. The molecule has 11 nitrogen and oxygen atoms in total. The molecule has 0 aliphatic carbocycles. The second-order valence-corrected chi connectivity index (χ2v) is 9.12. The maximum Gasteiger partial charge on any atom is 0.324 e. The van der Waals surface area contributed by atoms with Crippen LogP contribution in [-0.2, 0) is 11.2 Å². The summed E-state index contributed by atoms with van der Waals surface area (Å²) in [7, 11) is 1.60. The summed E-state index contributed by atoms with van der Waals surface area (Å²) in [5, 5.41) is 10.0. The molecule has 0 saturated carbocycles. The lowest BCUT2D eigenvalue weighted by atomic mass is 10.1. The monoisotopic (exact) mass is 533 g/mol. The number of benzene rings is 2. The molecule has 2 aromatic carbocycles. The van der Waals surface area contributed by atoms with Crippen molar-refractivity contribution in [3.8, 4) is 23.1 Å². The normalized spacial score (nSPS) is 13.7. The van der Waals surface area contributed by atoms with Crippen LogP contribution < -0.4 is 24.8 Å². The molecule has 204 valence electrons. The van der Waals surface area contributed by atoms with Crippen LogP contribution in [-0.4, -0.2) is 47.6 Å². The molecule has 4 aromatic rings. The van der Waals surface area contributed by atoms with E-state index in [9.17, 15) is 4.79 Å². The van der Waals surface area contributed by atoms with Gasteiger partial charge in [-0.1, -0.05) is 24.6 Å². The minimum absolute atomic E-state index is 0.000550. The summed E-state index contributed by atoms with van der Waals surface area (Å²) in [6.45, 7) is 3.40. The zero-order valence-electron chi connectivity index (χ0n) is 21.9. The minimum Gasteiger partial charge on any atom is -0.497 e. The van der Waals surface area contributed by atoms with Gasteiger partial charge >= 0.3 is 6.03 Å². The standard InChI is InChI=1S/C28H31N5O6/c1-3-4-7-21-16-25(33-39-21)32-28(34)31-18-6-5-8-20(13-18)38-27-26-23(29-17-30-27)14-22(35-2)15-24(26)37-19-9-11-36-12-10-19/h5-6,8,13-17,19H,3-4,7,9-12H2,1-2H3,(H2,31,32,33,34). The zero-order valence-corrected chi connectivity index (χ0v) is 21.9. The highest BCUT2D eigenvalue weighted by atomic mass is 16.5. The number of aryl methyl sites for hydroxylation is 1. The number of anilines is 2. The van der Waals surface area contributed by atoms with E-state index >= 15 is 0 Å². The van der Waals surface area contributed by atoms with Crippen molar-refractivity contribution in [1.82, 2.24) is 15.1 Å². The van der Waals surface area contributed by atoms with E-state index in [1.807, 2.05) is 6.07 Å². The van der Waals surface area contributed by atoms with Crippen LogP contribution in [0.1, 0.15) is 38.4 Å². The molecule has 0 atom stereocenters. The summed E-state index contributed by atoms with van der Waals surface area (Å²) in [6.07, 6.45) is 5.81. The average Bonchev–Trinajstić information content (AvgIpc) is 3.39. The van der Waals surface area contributed by atoms with Crippen LogP contribution in [0.4, 0.5) is 16.3 Å². The minimum atomic E-state index is -0.450. The van der Waals surface area contributed by atoms with Gasteiger partial charge in [0, 0.05) is 49.2 Å². The highest BCUT2D eigenvalue weighted by Gasteiger charge is 2.20. The Labute approximate surface area is 225 Å². The van der Waals surface area contributed by atoms with Crippen molar-refractivity contribution in [1.29, 1.82) is 0 Å². The molecular weight excluding hydrogens is 502 g/mol. The Morgan fingerprint density at radius 3 is 2.77 bits per heavy atom. The average molecular weight is 534 g/mol. The molecule has 1 fully saturated rings. The Morgan fingerprint density at radius 1 is 1.08 bits per heavy atom. The number of hydrogen-bond donors (Lipinski definition) is 2. The highest BCUT2D eigenvalue weighted by molar-refractivity contribution is 5.99. The Kier molecular flexibility index (Phi) is 8.37. The molecule has 1 saturated heterocycles. The number of unbranched alkanes of at least 4 members (excludes halogenated alkanes) is 1. The molecule has 11 heteroatoms. The number of ether oxygens (including phenoxy) is 4. The number of amides is 2. The van der Waals surface area contributed by atoms with Gasteiger partial charge in [-0.05, 0) is 18.6 Å². The first-order chi connectivity index (χ1) is 19.1. The second-order valence-electron chi connectivity index (χ2n) is 9.12. The summed E-state index contributed by atoms with van der Waals surface area (Å²) >= 11 is 0. The van der Waals surface area contributed by atoms with Crippen LogP contribution in [0.25, 0.3) is 10.9 Å². The Bertz CT molecular complexity index is 1420. The van der Waals surface area contributed by atoms with E-state index in [1.165, 1.54) is 6.33 Å². The number of aromatic nitrogens is 3. The molecule has 0 radical (unpaired) electrons. The number of hydrogen-bond acceptors (Lipinski definition) is 9. The molecule has 1 aliphatic rings. The topological polar surface area (TPSA) is 130 Å². The SMILES string of the molecule is CCCCc1cc(NC(=O)Nc2cccc(Oc3ncnc4cc(OC)cc(OC5CCOCC5)c34)c2)no1. The first kappa shape index (κ1) is 26.2. The lowest BCUT2D eigenvalue weighted by Crippen LogP contribution is -2.26. The van der Waals surface area contributed by atoms with Gasteiger partial charge in [-0.15, -0.1) is 0 Å². The van der Waals surface area contributed by atoms with Crippen molar-refractivity contribution in [2.45, 2.75) is 45.1 Å². The van der Waals surface area contributed by atoms with Gasteiger partial charge in [0.25, 0.3) is 0 Å². The van der Waals surface area contributed by atoms with Gasteiger partial charge < -0.3 is 28.8 Å². The maximum absolute atomic E-state index is 12.5. The fraction of sp³-hybridized carbons (Fsp3) is 0.357. The lowest BCUT2D eigenvalue weighted by Gasteiger charge is -2.24. The molecule has 5 rings (SSSR count). The van der Waals surface area contributed by atoms with Gasteiger partial charge in [0.15, 0.2) is 5.82 Å². The van der Waals surface area contributed by atoms with E-state index in [-0.39, 0.29) is 6.10 Å². The number of nitrogens with one attached hydrogen (secondary N) is 2. The summed E-state index contributed by atoms with van der Waals surface area (Å²) < 4.78 is 28.7. The molecule has 2 amide bonds. The summed E-state index contributed by atoms with van der Waals surface area (Å²) in [4.78, 5) is 21.3. The van der Waals surface area contributed by atoms with Crippen molar-refractivity contribution >= 4 is 28.4 Å². The number of carbonyl (C=O) groups is 1. The molecular formula is C28H31N5O6. The molecule has 0 spiro atoms. The van der Waals surface area contributed by atoms with Crippen molar-refractivity contribution in [2.24, 2.45) is 0 Å². The van der Waals surface area contributed by atoms with Crippen molar-refractivity contribution in [3.63, 3.8) is 0 Å². The van der Waals surface area contributed by atoms with Gasteiger partial charge in [0.2, 0.25) is 5.88 Å². The molecule has 3 heterocycles. The van der Waals surface area contributed by atoms with Crippen LogP contribution in [0.2, 0.25) is 0 Å². The molecule has 1 aliphatic heterocycles. The summed E-state index contributed by atoms with van der Waals surface area (Å²) in [5.41, 5.74) is 1.15. The van der Waals surface area contributed by atoms with E-state index in [0.717, 1.165) is 37.9 Å². The Morgan fingerprint density at radius 2 is 1.95 bits per heavy atom. The number of methoxy groups -OCH3 is 1. The van der Waals surface area contributed by atoms with Crippen molar-refractivity contribution in [2.75, 3.05) is 31.0 Å². The molecule has 0 unspecified atom stereocenters. The molecule has 2 N–H and O–H groups in total. The van der Waals surface area contributed by atoms with E-state index in [1.54, 1.807) is 43.5 Å². The smallest absolute Gasteiger partial charge is 0.324 e. The van der Waals surface area contributed by atoms with Gasteiger partial charge in [0.1, 0.15) is 40.8 Å². The summed E-state index contributed by atoms with van der Waals surface area (Å²) in [6, 6.07) is 11.9. The first-order valence-electron chi connectivity index (χ1n) is 13.0.